The second-order valence-corrected chi connectivity index (χ2v) is 8.81. The fourth-order valence-corrected chi connectivity index (χ4v) is 3.90. The van der Waals surface area contributed by atoms with Gasteiger partial charge in [0.1, 0.15) is 17.3 Å². The van der Waals surface area contributed by atoms with Crippen LogP contribution in [0.2, 0.25) is 5.02 Å². The number of rotatable bonds is 11. The van der Waals surface area contributed by atoms with Gasteiger partial charge in [-0.1, -0.05) is 23.7 Å². The Balaban J connectivity index is 1.44. The first-order chi connectivity index (χ1) is 16.9. The molecule has 0 aliphatic heterocycles. The number of carbonyl (C=O) groups is 2. The molecule has 184 valence electrons. The number of nitrogens with one attached hydrogen (secondary N) is 2. The second kappa shape index (κ2) is 11.3. The maximum atomic E-state index is 13.0. The fraction of sp³-hybridized carbons (Fsp3) is 0.308. The van der Waals surface area contributed by atoms with Crippen molar-refractivity contribution in [2.45, 2.75) is 32.0 Å². The highest BCUT2D eigenvalue weighted by Crippen LogP contribution is 2.35. The maximum Gasteiger partial charge on any atom is 0.251 e. The number of hydrogen-bond acceptors (Lipinski definition) is 6. The van der Waals surface area contributed by atoms with E-state index in [4.69, 9.17) is 25.5 Å². The van der Waals surface area contributed by atoms with Crippen LogP contribution in [0, 0.1) is 0 Å². The van der Waals surface area contributed by atoms with Gasteiger partial charge >= 0.3 is 0 Å². The van der Waals surface area contributed by atoms with Crippen LogP contribution in [0.5, 0.6) is 11.5 Å². The zero-order valence-corrected chi connectivity index (χ0v) is 20.4. The van der Waals surface area contributed by atoms with Crippen LogP contribution in [0.4, 0.5) is 5.69 Å². The van der Waals surface area contributed by atoms with Crippen molar-refractivity contribution in [2.75, 3.05) is 26.1 Å². The Morgan fingerprint density at radius 2 is 1.80 bits per heavy atom. The van der Waals surface area contributed by atoms with Crippen LogP contribution in [0.3, 0.4) is 0 Å². The van der Waals surface area contributed by atoms with Gasteiger partial charge < -0.3 is 24.5 Å². The molecule has 2 aromatic carbocycles. The van der Waals surface area contributed by atoms with Gasteiger partial charge in [0.2, 0.25) is 5.91 Å². The van der Waals surface area contributed by atoms with Gasteiger partial charge in [-0.3, -0.25) is 14.5 Å². The Labute approximate surface area is 209 Å². The lowest BCUT2D eigenvalue weighted by molar-refractivity contribution is -0.117. The Hall–Kier alpha value is -3.49. The van der Waals surface area contributed by atoms with Crippen molar-refractivity contribution in [3.63, 3.8) is 0 Å². The number of furan rings is 1. The summed E-state index contributed by atoms with van der Waals surface area (Å²) in [6.07, 6.45) is 3.69. The summed E-state index contributed by atoms with van der Waals surface area (Å²) in [5.41, 5.74) is 2.05. The molecule has 2 amide bonds. The average molecular weight is 498 g/mol. The molecule has 1 aromatic heterocycles. The molecule has 2 N–H and O–H groups in total. The van der Waals surface area contributed by atoms with E-state index in [1.807, 2.05) is 41.3 Å². The molecule has 8 nitrogen and oxygen atoms in total. The third-order valence-electron chi connectivity index (χ3n) is 5.61. The predicted octanol–water partition coefficient (Wildman–Crippen LogP) is 4.48. The Morgan fingerprint density at radius 3 is 2.43 bits per heavy atom. The monoisotopic (exact) mass is 497 g/mol. The summed E-state index contributed by atoms with van der Waals surface area (Å²) in [4.78, 5) is 27.2. The first-order valence-electron chi connectivity index (χ1n) is 11.3. The highest BCUT2D eigenvalue weighted by molar-refractivity contribution is 6.32. The van der Waals surface area contributed by atoms with E-state index in [1.54, 1.807) is 18.4 Å². The minimum absolute atomic E-state index is 0.0574. The van der Waals surface area contributed by atoms with E-state index in [9.17, 15) is 9.59 Å². The topological polar surface area (TPSA) is 93.0 Å². The molecule has 3 aromatic rings. The number of amides is 2. The van der Waals surface area contributed by atoms with Crippen molar-refractivity contribution in [2.24, 2.45) is 0 Å². The standard InChI is InChI=1S/C26H28ClN3O5/c1-33-23-13-24(34-2)22(12-21(23)27)29-25(31)16-30(15-20-4-3-11-35-20)14-17-5-7-18(8-6-17)26(32)28-19-9-10-19/h3-8,11-13,19H,9-10,14-16H2,1-2H3,(H,28,32)(H,29,31). The lowest BCUT2D eigenvalue weighted by atomic mass is 10.1. The third-order valence-corrected chi connectivity index (χ3v) is 5.91. The summed E-state index contributed by atoms with van der Waals surface area (Å²) < 4.78 is 16.1. The van der Waals surface area contributed by atoms with Gasteiger partial charge in [-0.25, -0.2) is 0 Å². The van der Waals surface area contributed by atoms with Crippen molar-refractivity contribution < 1.29 is 23.5 Å². The van der Waals surface area contributed by atoms with Gasteiger partial charge in [0.25, 0.3) is 5.91 Å². The molecule has 9 heteroatoms. The number of carbonyl (C=O) groups excluding carboxylic acids is 2. The smallest absolute Gasteiger partial charge is 0.251 e. The molecule has 1 aliphatic carbocycles. The summed E-state index contributed by atoms with van der Waals surface area (Å²) in [7, 11) is 3.02. The van der Waals surface area contributed by atoms with Gasteiger partial charge in [0.15, 0.2) is 0 Å². The van der Waals surface area contributed by atoms with Gasteiger partial charge in [0.05, 0.1) is 44.3 Å². The predicted molar refractivity (Wildman–Crippen MR) is 133 cm³/mol. The molecule has 0 bridgehead atoms. The van der Waals surface area contributed by atoms with Crippen LogP contribution < -0.4 is 20.1 Å². The van der Waals surface area contributed by atoms with Crippen LogP contribution >= 0.6 is 11.6 Å². The normalized spacial score (nSPS) is 12.9. The lowest BCUT2D eigenvalue weighted by Gasteiger charge is -2.21. The molecule has 0 saturated heterocycles. The Morgan fingerprint density at radius 1 is 1.06 bits per heavy atom. The van der Waals surface area contributed by atoms with Gasteiger partial charge in [-0.05, 0) is 48.7 Å². The summed E-state index contributed by atoms with van der Waals surface area (Å²) in [5.74, 6) is 1.34. The molecule has 1 saturated carbocycles. The minimum Gasteiger partial charge on any atom is -0.495 e. The number of halogens is 1. The van der Waals surface area contributed by atoms with Crippen LogP contribution in [0.15, 0.2) is 59.2 Å². The van der Waals surface area contributed by atoms with Gasteiger partial charge in [-0.2, -0.15) is 0 Å². The van der Waals surface area contributed by atoms with Crippen molar-refractivity contribution in [3.8, 4) is 11.5 Å². The molecular formula is C26H28ClN3O5. The summed E-state index contributed by atoms with van der Waals surface area (Å²) in [5, 5.41) is 6.22. The van der Waals surface area contributed by atoms with E-state index in [0.717, 1.165) is 24.2 Å². The molecule has 0 atom stereocenters. The highest BCUT2D eigenvalue weighted by atomic mass is 35.5. The maximum absolute atomic E-state index is 13.0. The van der Waals surface area contributed by atoms with Gasteiger partial charge in [-0.15, -0.1) is 0 Å². The largest absolute Gasteiger partial charge is 0.495 e. The molecule has 0 radical (unpaired) electrons. The number of hydrogen-bond donors (Lipinski definition) is 2. The third kappa shape index (κ3) is 6.77. The summed E-state index contributed by atoms with van der Waals surface area (Å²) in [6, 6.07) is 14.6. The van der Waals surface area contributed by atoms with E-state index >= 15 is 0 Å². The first-order valence-corrected chi connectivity index (χ1v) is 11.7. The lowest BCUT2D eigenvalue weighted by Crippen LogP contribution is -2.32. The SMILES string of the molecule is COc1cc(OC)c(NC(=O)CN(Cc2ccc(C(=O)NC3CC3)cc2)Cc2ccco2)cc1Cl. The second-order valence-electron chi connectivity index (χ2n) is 8.40. The Bertz CT molecular complexity index is 1160. The zero-order valence-electron chi connectivity index (χ0n) is 19.7. The highest BCUT2D eigenvalue weighted by Gasteiger charge is 2.24. The Kier molecular flexibility index (Phi) is 7.94. The number of benzene rings is 2. The van der Waals surface area contributed by atoms with E-state index < -0.39 is 0 Å². The molecule has 4 rings (SSSR count). The average Bonchev–Trinajstić information content (AvgIpc) is 3.51. The first kappa shape index (κ1) is 24.6. The van der Waals surface area contributed by atoms with Crippen molar-refractivity contribution in [1.29, 1.82) is 0 Å². The van der Waals surface area contributed by atoms with Gasteiger partial charge in [0, 0.05) is 24.2 Å². The van der Waals surface area contributed by atoms with E-state index in [1.165, 1.54) is 14.2 Å². The molecule has 1 heterocycles. The number of ether oxygens (including phenoxy) is 2. The van der Waals surface area contributed by atoms with Crippen LogP contribution in [0.1, 0.15) is 34.5 Å². The van der Waals surface area contributed by atoms with Crippen molar-refractivity contribution >= 4 is 29.1 Å². The molecule has 1 aliphatic rings. The number of nitrogens with zero attached hydrogens (tertiary/aromatic N) is 1. The van der Waals surface area contributed by atoms with Crippen LogP contribution in [0.25, 0.3) is 0 Å². The van der Waals surface area contributed by atoms with E-state index in [0.29, 0.717) is 46.9 Å². The zero-order chi connectivity index (χ0) is 24.8. The summed E-state index contributed by atoms with van der Waals surface area (Å²) in [6.45, 7) is 1.02. The van der Waals surface area contributed by atoms with Crippen LogP contribution in [-0.2, 0) is 17.9 Å². The van der Waals surface area contributed by atoms with Crippen LogP contribution in [-0.4, -0.2) is 43.5 Å². The van der Waals surface area contributed by atoms with E-state index in [-0.39, 0.29) is 18.4 Å². The van der Waals surface area contributed by atoms with E-state index in [2.05, 4.69) is 10.6 Å². The number of methoxy groups -OCH3 is 2. The quantitative estimate of drug-likeness (QED) is 0.405. The minimum atomic E-state index is -0.239. The summed E-state index contributed by atoms with van der Waals surface area (Å²) >= 11 is 6.23. The molecule has 35 heavy (non-hydrogen) atoms. The fourth-order valence-electron chi connectivity index (χ4n) is 3.66. The van der Waals surface area contributed by atoms with Crippen molar-refractivity contribution in [3.05, 3.63) is 76.7 Å². The molecular weight excluding hydrogens is 470 g/mol. The van der Waals surface area contributed by atoms with Crippen molar-refractivity contribution in [1.82, 2.24) is 10.2 Å². The molecule has 0 unspecified atom stereocenters. The number of anilines is 1. The molecule has 1 fully saturated rings. The molecule has 0 spiro atoms.